The van der Waals surface area contributed by atoms with Crippen LogP contribution in [0.4, 0.5) is 4.79 Å². The maximum atomic E-state index is 10.5. The van der Waals surface area contributed by atoms with Gasteiger partial charge < -0.3 is 5.11 Å². The molecule has 0 fully saturated rings. The second kappa shape index (κ2) is 5.97. The van der Waals surface area contributed by atoms with Crippen LogP contribution in [0.2, 0.25) is 0 Å². The van der Waals surface area contributed by atoms with Crippen LogP contribution in [0.5, 0.6) is 0 Å². The molecular formula is C7H16N2O2. The van der Waals surface area contributed by atoms with E-state index < -0.39 is 6.09 Å². The van der Waals surface area contributed by atoms with E-state index in [4.69, 9.17) is 5.11 Å². The largest absolute Gasteiger partial charge is 0.464 e. The van der Waals surface area contributed by atoms with Crippen LogP contribution >= 0.6 is 0 Å². The lowest BCUT2D eigenvalue weighted by Crippen LogP contribution is -2.42. The molecule has 0 aromatic heterocycles. The van der Waals surface area contributed by atoms with Gasteiger partial charge in [0.2, 0.25) is 0 Å². The molecule has 0 rings (SSSR count). The Bertz CT molecular complexity index is 117. The van der Waals surface area contributed by atoms with Gasteiger partial charge in [0.25, 0.3) is 0 Å². The number of carboxylic acid groups (broad SMARTS) is 1. The van der Waals surface area contributed by atoms with Gasteiger partial charge in [0.1, 0.15) is 0 Å². The minimum atomic E-state index is -0.903. The summed E-state index contributed by atoms with van der Waals surface area (Å²) in [6, 6.07) is 0. The Morgan fingerprint density at radius 1 is 1.45 bits per heavy atom. The van der Waals surface area contributed by atoms with Crippen molar-refractivity contribution in [3.63, 3.8) is 0 Å². The van der Waals surface area contributed by atoms with Crippen molar-refractivity contribution in [3.05, 3.63) is 0 Å². The summed E-state index contributed by atoms with van der Waals surface area (Å²) in [5.74, 6) is 0. The normalized spacial score (nSPS) is 9.64. The zero-order valence-corrected chi connectivity index (χ0v) is 7.13. The van der Waals surface area contributed by atoms with Crippen LogP contribution in [0.3, 0.4) is 0 Å². The van der Waals surface area contributed by atoms with Crippen LogP contribution in [0.25, 0.3) is 0 Å². The molecular weight excluding hydrogens is 144 g/mol. The minimum Gasteiger partial charge on any atom is -0.464 e. The second-order valence-corrected chi connectivity index (χ2v) is 2.34. The van der Waals surface area contributed by atoms with Gasteiger partial charge in [-0.3, -0.25) is 0 Å². The van der Waals surface area contributed by atoms with E-state index in [-0.39, 0.29) is 0 Å². The van der Waals surface area contributed by atoms with Crippen molar-refractivity contribution in [2.45, 2.75) is 26.7 Å². The number of rotatable bonds is 5. The lowest BCUT2D eigenvalue weighted by atomic mass is 10.4. The lowest BCUT2D eigenvalue weighted by Gasteiger charge is -2.18. The van der Waals surface area contributed by atoms with Crippen LogP contribution in [0, 0.1) is 0 Å². The summed E-state index contributed by atoms with van der Waals surface area (Å²) in [6.45, 7) is 5.21. The van der Waals surface area contributed by atoms with Gasteiger partial charge in [0, 0.05) is 13.1 Å². The Morgan fingerprint density at radius 3 is 2.45 bits per heavy atom. The number of amides is 1. The Hall–Kier alpha value is -0.770. The molecule has 0 heterocycles. The van der Waals surface area contributed by atoms with Gasteiger partial charge in [-0.15, -0.1) is 0 Å². The third kappa shape index (κ3) is 4.61. The van der Waals surface area contributed by atoms with Gasteiger partial charge in [-0.25, -0.2) is 15.2 Å². The Morgan fingerprint density at radius 2 is 2.09 bits per heavy atom. The molecule has 0 spiro atoms. The SMILES string of the molecule is CCCNN(CCC)C(=O)O. The molecule has 0 aliphatic heterocycles. The Labute approximate surface area is 67.2 Å². The van der Waals surface area contributed by atoms with E-state index in [0.29, 0.717) is 13.1 Å². The fraction of sp³-hybridized carbons (Fsp3) is 0.857. The van der Waals surface area contributed by atoms with Crippen molar-refractivity contribution in [1.82, 2.24) is 10.4 Å². The van der Waals surface area contributed by atoms with Crippen LogP contribution < -0.4 is 5.43 Å². The molecule has 0 unspecified atom stereocenters. The molecule has 0 radical (unpaired) electrons. The predicted molar refractivity (Wildman–Crippen MR) is 43.3 cm³/mol. The minimum absolute atomic E-state index is 0.551. The average molecular weight is 160 g/mol. The molecule has 0 atom stereocenters. The first-order valence-electron chi connectivity index (χ1n) is 3.96. The molecule has 4 nitrogen and oxygen atoms in total. The highest BCUT2D eigenvalue weighted by Crippen LogP contribution is 1.87. The van der Waals surface area contributed by atoms with E-state index in [9.17, 15) is 4.79 Å². The van der Waals surface area contributed by atoms with Crippen LogP contribution in [-0.4, -0.2) is 29.3 Å². The number of hydrazine groups is 1. The van der Waals surface area contributed by atoms with E-state index in [1.165, 1.54) is 5.01 Å². The maximum Gasteiger partial charge on any atom is 0.421 e. The third-order valence-electron chi connectivity index (χ3n) is 1.23. The van der Waals surface area contributed by atoms with Gasteiger partial charge in [-0.1, -0.05) is 13.8 Å². The fourth-order valence-electron chi connectivity index (χ4n) is 0.713. The van der Waals surface area contributed by atoms with Crippen molar-refractivity contribution in [2.75, 3.05) is 13.1 Å². The van der Waals surface area contributed by atoms with Gasteiger partial charge in [0.05, 0.1) is 0 Å². The zero-order chi connectivity index (χ0) is 8.69. The maximum absolute atomic E-state index is 10.5. The first-order chi connectivity index (χ1) is 5.22. The topological polar surface area (TPSA) is 52.6 Å². The average Bonchev–Trinajstić information content (AvgIpc) is 1.97. The van der Waals surface area contributed by atoms with Crippen LogP contribution in [-0.2, 0) is 0 Å². The molecule has 0 aliphatic rings. The Balaban J connectivity index is 3.60. The fourth-order valence-corrected chi connectivity index (χ4v) is 0.713. The van der Waals surface area contributed by atoms with Gasteiger partial charge >= 0.3 is 6.09 Å². The lowest BCUT2D eigenvalue weighted by molar-refractivity contribution is 0.120. The van der Waals surface area contributed by atoms with Gasteiger partial charge in [-0.05, 0) is 12.8 Å². The number of hydrogen-bond acceptors (Lipinski definition) is 2. The summed E-state index contributed by atoms with van der Waals surface area (Å²) in [6.07, 6.45) is 0.872. The molecule has 2 N–H and O–H groups in total. The molecule has 0 aromatic rings. The highest BCUT2D eigenvalue weighted by Gasteiger charge is 2.07. The highest BCUT2D eigenvalue weighted by molar-refractivity contribution is 5.64. The molecule has 4 heteroatoms. The second-order valence-electron chi connectivity index (χ2n) is 2.34. The zero-order valence-electron chi connectivity index (χ0n) is 7.13. The summed E-state index contributed by atoms with van der Waals surface area (Å²) in [7, 11) is 0. The molecule has 11 heavy (non-hydrogen) atoms. The van der Waals surface area contributed by atoms with E-state index >= 15 is 0 Å². The molecule has 0 saturated carbocycles. The predicted octanol–water partition coefficient (Wildman–Crippen LogP) is 1.29. The molecule has 66 valence electrons. The summed E-state index contributed by atoms with van der Waals surface area (Å²) in [5.41, 5.74) is 2.80. The van der Waals surface area contributed by atoms with Crippen molar-refractivity contribution < 1.29 is 9.90 Å². The number of nitrogens with zero attached hydrogens (tertiary/aromatic N) is 1. The molecule has 0 aliphatic carbocycles. The van der Waals surface area contributed by atoms with E-state index in [2.05, 4.69) is 5.43 Å². The number of hydrogen-bond donors (Lipinski definition) is 2. The van der Waals surface area contributed by atoms with Crippen molar-refractivity contribution in [3.8, 4) is 0 Å². The smallest absolute Gasteiger partial charge is 0.421 e. The standard InChI is InChI=1S/C7H16N2O2/c1-3-5-8-9(6-4-2)7(10)11/h8H,3-6H2,1-2H3,(H,10,11). The van der Waals surface area contributed by atoms with Crippen molar-refractivity contribution >= 4 is 6.09 Å². The number of carbonyl (C=O) groups is 1. The highest BCUT2D eigenvalue weighted by atomic mass is 16.4. The third-order valence-corrected chi connectivity index (χ3v) is 1.23. The number of nitrogens with one attached hydrogen (secondary N) is 1. The molecule has 0 saturated heterocycles. The Kier molecular flexibility index (Phi) is 5.56. The summed E-state index contributed by atoms with van der Waals surface area (Å²) in [5, 5.41) is 9.82. The van der Waals surface area contributed by atoms with Gasteiger partial charge in [0.15, 0.2) is 0 Å². The first-order valence-corrected chi connectivity index (χ1v) is 3.96. The molecule has 0 aromatic carbocycles. The molecule has 1 amide bonds. The van der Waals surface area contributed by atoms with Crippen LogP contribution in [0.15, 0.2) is 0 Å². The van der Waals surface area contributed by atoms with E-state index in [1.54, 1.807) is 0 Å². The van der Waals surface area contributed by atoms with E-state index in [0.717, 1.165) is 12.8 Å². The van der Waals surface area contributed by atoms with E-state index in [1.807, 2.05) is 13.8 Å². The van der Waals surface area contributed by atoms with Crippen LogP contribution in [0.1, 0.15) is 26.7 Å². The van der Waals surface area contributed by atoms with Gasteiger partial charge in [-0.2, -0.15) is 0 Å². The van der Waals surface area contributed by atoms with Crippen molar-refractivity contribution in [1.29, 1.82) is 0 Å². The summed E-state index contributed by atoms with van der Waals surface area (Å²) >= 11 is 0. The first kappa shape index (κ1) is 10.2. The summed E-state index contributed by atoms with van der Waals surface area (Å²) < 4.78 is 0. The molecule has 0 bridgehead atoms. The quantitative estimate of drug-likeness (QED) is 0.596. The summed E-state index contributed by atoms with van der Waals surface area (Å²) in [4.78, 5) is 10.5. The monoisotopic (exact) mass is 160 g/mol. The van der Waals surface area contributed by atoms with Crippen molar-refractivity contribution in [2.24, 2.45) is 0 Å².